The van der Waals surface area contributed by atoms with Crippen molar-refractivity contribution >= 4 is 17.5 Å². The molecule has 1 saturated heterocycles. The number of benzene rings is 1. The maximum atomic E-state index is 12.9. The SMILES string of the molecule is O=C(Nc1cccnc1-n1cccn1)C1CCCN(C(=O)CCOc2ccccc2)C1. The number of aromatic nitrogens is 3. The molecule has 1 N–H and O–H groups in total. The Bertz CT molecular complexity index is 1010. The summed E-state index contributed by atoms with van der Waals surface area (Å²) >= 11 is 0. The molecule has 1 unspecified atom stereocenters. The second kappa shape index (κ2) is 9.88. The monoisotopic (exact) mass is 419 g/mol. The van der Waals surface area contributed by atoms with Crippen molar-refractivity contribution in [3.63, 3.8) is 0 Å². The third-order valence-corrected chi connectivity index (χ3v) is 5.24. The van der Waals surface area contributed by atoms with Crippen molar-refractivity contribution in [2.75, 3.05) is 25.0 Å². The summed E-state index contributed by atoms with van der Waals surface area (Å²) in [5.74, 6) is 0.934. The fourth-order valence-corrected chi connectivity index (χ4v) is 3.65. The zero-order valence-electron chi connectivity index (χ0n) is 17.2. The molecular weight excluding hydrogens is 394 g/mol. The molecule has 1 aliphatic rings. The van der Waals surface area contributed by atoms with Gasteiger partial charge in [-0.3, -0.25) is 9.59 Å². The predicted molar refractivity (Wildman–Crippen MR) is 116 cm³/mol. The smallest absolute Gasteiger partial charge is 0.229 e. The number of pyridine rings is 1. The van der Waals surface area contributed by atoms with Crippen LogP contribution < -0.4 is 10.1 Å². The summed E-state index contributed by atoms with van der Waals surface area (Å²) in [4.78, 5) is 31.6. The average molecular weight is 419 g/mol. The van der Waals surface area contributed by atoms with E-state index in [0.717, 1.165) is 18.6 Å². The van der Waals surface area contributed by atoms with Crippen LogP contribution in [0.5, 0.6) is 5.75 Å². The van der Waals surface area contributed by atoms with Crippen LogP contribution in [0, 0.1) is 5.92 Å². The molecule has 8 heteroatoms. The summed E-state index contributed by atoms with van der Waals surface area (Å²) in [6.07, 6.45) is 6.92. The molecule has 1 fully saturated rings. The van der Waals surface area contributed by atoms with E-state index in [0.29, 0.717) is 31.2 Å². The maximum Gasteiger partial charge on any atom is 0.229 e. The van der Waals surface area contributed by atoms with Gasteiger partial charge in [-0.05, 0) is 43.2 Å². The van der Waals surface area contributed by atoms with Gasteiger partial charge in [-0.25, -0.2) is 9.67 Å². The molecule has 4 rings (SSSR count). The standard InChI is InChI=1S/C23H25N5O3/c29-21(11-16-31-19-8-2-1-3-9-19)27-14-5-7-18(17-27)23(30)26-20-10-4-12-24-22(20)28-15-6-13-25-28/h1-4,6,8-10,12-13,15,18H,5,7,11,14,16-17H2,(H,26,30). The minimum absolute atomic E-state index is 0.00652. The number of hydrogen-bond acceptors (Lipinski definition) is 5. The van der Waals surface area contributed by atoms with Gasteiger partial charge in [0.05, 0.1) is 24.6 Å². The molecule has 8 nitrogen and oxygen atoms in total. The molecule has 3 aromatic rings. The van der Waals surface area contributed by atoms with E-state index in [1.807, 2.05) is 30.3 Å². The van der Waals surface area contributed by atoms with Crippen LogP contribution >= 0.6 is 0 Å². The summed E-state index contributed by atoms with van der Waals surface area (Å²) in [7, 11) is 0. The number of para-hydroxylation sites is 1. The molecule has 160 valence electrons. The molecule has 1 aliphatic heterocycles. The van der Waals surface area contributed by atoms with Crippen LogP contribution in [0.1, 0.15) is 19.3 Å². The Balaban J connectivity index is 1.32. The second-order valence-corrected chi connectivity index (χ2v) is 7.40. The number of nitrogens with zero attached hydrogens (tertiary/aromatic N) is 4. The van der Waals surface area contributed by atoms with Crippen molar-refractivity contribution in [3.8, 4) is 11.6 Å². The van der Waals surface area contributed by atoms with Crippen molar-refractivity contribution in [2.24, 2.45) is 5.92 Å². The predicted octanol–water partition coefficient (Wildman–Crippen LogP) is 2.91. The van der Waals surface area contributed by atoms with Gasteiger partial charge in [-0.2, -0.15) is 5.10 Å². The third kappa shape index (κ3) is 5.28. The number of carbonyl (C=O) groups is 2. The highest BCUT2D eigenvalue weighted by atomic mass is 16.5. The van der Waals surface area contributed by atoms with Crippen molar-refractivity contribution < 1.29 is 14.3 Å². The summed E-state index contributed by atoms with van der Waals surface area (Å²) < 4.78 is 7.24. The molecule has 2 amide bonds. The van der Waals surface area contributed by atoms with E-state index >= 15 is 0 Å². The zero-order valence-corrected chi connectivity index (χ0v) is 17.2. The number of amides is 2. The molecule has 31 heavy (non-hydrogen) atoms. The summed E-state index contributed by atoms with van der Waals surface area (Å²) in [5.41, 5.74) is 0.593. The summed E-state index contributed by atoms with van der Waals surface area (Å²) in [6.45, 7) is 1.39. The van der Waals surface area contributed by atoms with Crippen LogP contribution in [-0.4, -0.2) is 51.2 Å². The fraction of sp³-hybridized carbons (Fsp3) is 0.304. The second-order valence-electron chi connectivity index (χ2n) is 7.40. The highest BCUT2D eigenvalue weighted by Crippen LogP contribution is 2.22. The lowest BCUT2D eigenvalue weighted by Gasteiger charge is -2.32. The molecule has 0 aliphatic carbocycles. The molecule has 0 bridgehead atoms. The lowest BCUT2D eigenvalue weighted by atomic mass is 9.96. The Morgan fingerprint density at radius 3 is 2.77 bits per heavy atom. The van der Waals surface area contributed by atoms with Crippen molar-refractivity contribution in [3.05, 3.63) is 67.1 Å². The van der Waals surface area contributed by atoms with E-state index in [1.165, 1.54) is 0 Å². The van der Waals surface area contributed by atoms with E-state index in [9.17, 15) is 9.59 Å². The van der Waals surface area contributed by atoms with Gasteiger partial charge in [0.2, 0.25) is 11.8 Å². The fourth-order valence-electron chi connectivity index (χ4n) is 3.65. The Kier molecular flexibility index (Phi) is 6.56. The maximum absolute atomic E-state index is 12.9. The Morgan fingerprint density at radius 1 is 1.10 bits per heavy atom. The normalized spacial score (nSPS) is 16.0. The molecule has 1 atom stereocenters. The summed E-state index contributed by atoms with van der Waals surface area (Å²) in [6, 6.07) is 14.8. The number of anilines is 1. The van der Waals surface area contributed by atoms with Gasteiger partial charge < -0.3 is 15.0 Å². The van der Waals surface area contributed by atoms with E-state index in [-0.39, 0.29) is 24.2 Å². The van der Waals surface area contributed by atoms with Crippen LogP contribution in [0.2, 0.25) is 0 Å². The third-order valence-electron chi connectivity index (χ3n) is 5.24. The van der Waals surface area contributed by atoms with Gasteiger partial charge in [0.15, 0.2) is 5.82 Å². The molecule has 2 aromatic heterocycles. The first-order valence-corrected chi connectivity index (χ1v) is 10.4. The number of ether oxygens (including phenoxy) is 1. The number of likely N-dealkylation sites (tertiary alicyclic amines) is 1. The zero-order chi connectivity index (χ0) is 21.5. The Labute approximate surface area is 180 Å². The number of piperidine rings is 1. The first-order chi connectivity index (χ1) is 15.2. The Morgan fingerprint density at radius 2 is 1.97 bits per heavy atom. The average Bonchev–Trinajstić information content (AvgIpc) is 3.35. The van der Waals surface area contributed by atoms with Crippen molar-refractivity contribution in [2.45, 2.75) is 19.3 Å². The topological polar surface area (TPSA) is 89.4 Å². The van der Waals surface area contributed by atoms with Gasteiger partial charge in [-0.15, -0.1) is 0 Å². The number of carbonyl (C=O) groups excluding carboxylic acids is 2. The van der Waals surface area contributed by atoms with E-state index in [4.69, 9.17) is 4.74 Å². The van der Waals surface area contributed by atoms with Crippen molar-refractivity contribution in [1.82, 2.24) is 19.7 Å². The number of hydrogen-bond donors (Lipinski definition) is 1. The lowest BCUT2D eigenvalue weighted by Crippen LogP contribution is -2.44. The number of nitrogens with one attached hydrogen (secondary N) is 1. The minimum Gasteiger partial charge on any atom is -0.493 e. The molecule has 1 aromatic carbocycles. The first kappa shape index (κ1) is 20.6. The van der Waals surface area contributed by atoms with E-state index < -0.39 is 0 Å². The highest BCUT2D eigenvalue weighted by molar-refractivity contribution is 5.94. The van der Waals surface area contributed by atoms with Gasteiger partial charge in [0.25, 0.3) is 0 Å². The van der Waals surface area contributed by atoms with E-state index in [2.05, 4.69) is 15.4 Å². The van der Waals surface area contributed by atoms with Gasteiger partial charge in [0, 0.05) is 31.7 Å². The number of rotatable bonds is 7. The molecule has 3 heterocycles. The molecular formula is C23H25N5O3. The van der Waals surface area contributed by atoms with Gasteiger partial charge in [0.1, 0.15) is 5.75 Å². The van der Waals surface area contributed by atoms with Crippen LogP contribution in [0.15, 0.2) is 67.1 Å². The van der Waals surface area contributed by atoms with Crippen LogP contribution in [0.4, 0.5) is 5.69 Å². The lowest BCUT2D eigenvalue weighted by molar-refractivity contribution is -0.135. The molecule has 0 saturated carbocycles. The summed E-state index contributed by atoms with van der Waals surface area (Å²) in [5, 5.41) is 7.16. The van der Waals surface area contributed by atoms with E-state index in [1.54, 1.807) is 46.4 Å². The highest BCUT2D eigenvalue weighted by Gasteiger charge is 2.28. The van der Waals surface area contributed by atoms with Crippen LogP contribution in [-0.2, 0) is 9.59 Å². The van der Waals surface area contributed by atoms with Gasteiger partial charge >= 0.3 is 0 Å². The van der Waals surface area contributed by atoms with Crippen LogP contribution in [0.3, 0.4) is 0 Å². The molecule has 0 radical (unpaired) electrons. The Hall–Kier alpha value is -3.68. The van der Waals surface area contributed by atoms with Gasteiger partial charge in [-0.1, -0.05) is 18.2 Å². The first-order valence-electron chi connectivity index (χ1n) is 10.4. The minimum atomic E-state index is -0.265. The molecule has 0 spiro atoms. The van der Waals surface area contributed by atoms with Crippen molar-refractivity contribution in [1.29, 1.82) is 0 Å². The quantitative estimate of drug-likeness (QED) is 0.636. The largest absolute Gasteiger partial charge is 0.493 e. The van der Waals surface area contributed by atoms with Crippen LogP contribution in [0.25, 0.3) is 5.82 Å².